The Morgan fingerprint density at radius 1 is 1.46 bits per heavy atom. The van der Waals surface area contributed by atoms with Crippen molar-refractivity contribution in [3.63, 3.8) is 0 Å². The smallest absolute Gasteiger partial charge is 0.221 e. The van der Waals surface area contributed by atoms with Gasteiger partial charge in [-0.1, -0.05) is 0 Å². The second-order valence-electron chi connectivity index (χ2n) is 3.29. The summed E-state index contributed by atoms with van der Waals surface area (Å²) in [4.78, 5) is 2.44. The number of nitrogens with one attached hydrogen (secondary N) is 1. The molecule has 4 nitrogen and oxygen atoms in total. The van der Waals surface area contributed by atoms with Gasteiger partial charge in [0.1, 0.15) is 0 Å². The third kappa shape index (κ3) is 3.77. The zero-order chi connectivity index (χ0) is 9.90. The van der Waals surface area contributed by atoms with E-state index in [9.17, 15) is 8.42 Å². The maximum atomic E-state index is 10.9. The van der Waals surface area contributed by atoms with E-state index in [-0.39, 0.29) is 0 Å². The Bertz CT molecular complexity index is 297. The van der Waals surface area contributed by atoms with Crippen molar-refractivity contribution in [2.75, 3.05) is 19.3 Å². The molecule has 0 bridgehead atoms. The van der Waals surface area contributed by atoms with Gasteiger partial charge >= 0.3 is 0 Å². The molecule has 0 aromatic heterocycles. The molecule has 13 heavy (non-hydrogen) atoms. The molecule has 74 valence electrons. The van der Waals surface area contributed by atoms with E-state index in [2.05, 4.69) is 10.8 Å². The third-order valence-corrected chi connectivity index (χ3v) is 2.62. The van der Waals surface area contributed by atoms with Gasteiger partial charge in [0, 0.05) is 19.0 Å². The van der Waals surface area contributed by atoms with Crippen LogP contribution in [0.4, 0.5) is 0 Å². The van der Waals surface area contributed by atoms with Crippen molar-refractivity contribution in [1.29, 1.82) is 0 Å². The lowest BCUT2D eigenvalue weighted by Gasteiger charge is -2.28. The van der Waals surface area contributed by atoms with Crippen LogP contribution in [0.3, 0.4) is 0 Å². The minimum Gasteiger partial charge on any atom is -0.231 e. The Hall–Kier alpha value is -0.570. The molecule has 0 radical (unpaired) electrons. The molecule has 0 atom stereocenters. The second kappa shape index (κ2) is 4.09. The molecule has 1 heterocycles. The number of hydrogen-bond acceptors (Lipinski definition) is 3. The molecule has 0 aliphatic carbocycles. The van der Waals surface area contributed by atoms with Gasteiger partial charge in [-0.05, 0) is 12.8 Å². The first-order valence-corrected chi connectivity index (χ1v) is 6.09. The van der Waals surface area contributed by atoms with Gasteiger partial charge in [-0.2, -0.15) is 0 Å². The monoisotopic (exact) mass is 202 g/mol. The summed E-state index contributed by atoms with van der Waals surface area (Å²) in [6.45, 7) is 1.39. The van der Waals surface area contributed by atoms with Gasteiger partial charge in [0.15, 0.2) is 0 Å². The van der Waals surface area contributed by atoms with Crippen molar-refractivity contribution in [2.45, 2.75) is 12.8 Å². The van der Waals surface area contributed by atoms with Gasteiger partial charge in [-0.25, -0.2) is 13.4 Å². The van der Waals surface area contributed by atoms with Crippen LogP contribution in [-0.2, 0) is 10.0 Å². The van der Waals surface area contributed by atoms with E-state index < -0.39 is 10.0 Å². The van der Waals surface area contributed by atoms with Crippen LogP contribution in [0.15, 0.2) is 0 Å². The third-order valence-electron chi connectivity index (χ3n) is 2.03. The number of rotatable bonds is 2. The first kappa shape index (κ1) is 10.5. The first-order chi connectivity index (χ1) is 6.01. The van der Waals surface area contributed by atoms with Gasteiger partial charge < -0.3 is 0 Å². The highest BCUT2D eigenvalue weighted by atomic mass is 32.2. The lowest BCUT2D eigenvalue weighted by molar-refractivity contribution is 0.180. The molecule has 0 amide bonds. The van der Waals surface area contributed by atoms with Crippen LogP contribution in [0.25, 0.3) is 0 Å². The Labute approximate surface area is 79.3 Å². The molecule has 5 heteroatoms. The van der Waals surface area contributed by atoms with Gasteiger partial charge in [0.2, 0.25) is 10.0 Å². The Morgan fingerprint density at radius 3 is 2.38 bits per heavy atom. The van der Waals surface area contributed by atoms with Crippen molar-refractivity contribution in [3.05, 3.63) is 0 Å². The van der Waals surface area contributed by atoms with Crippen LogP contribution < -0.4 is 4.83 Å². The predicted molar refractivity (Wildman–Crippen MR) is 51.1 cm³/mol. The largest absolute Gasteiger partial charge is 0.231 e. The highest BCUT2D eigenvalue weighted by Crippen LogP contribution is 2.14. The van der Waals surface area contributed by atoms with Crippen LogP contribution in [0.1, 0.15) is 12.8 Å². The Balaban J connectivity index is 2.39. The number of hydrogen-bond donors (Lipinski definition) is 1. The standard InChI is InChI=1S/C8H14N2O2S/c1-3-8-4-6-10(7-5-8)9-13(2,11)12/h1,8-9H,4-7H2,2H3. The fourth-order valence-corrected chi connectivity index (χ4v) is 2.02. The average Bonchev–Trinajstić information content (AvgIpc) is 2.03. The molecular formula is C8H14N2O2S. The quantitative estimate of drug-likeness (QED) is 0.631. The van der Waals surface area contributed by atoms with Crippen LogP contribution in [0.2, 0.25) is 0 Å². The number of sulfonamides is 1. The van der Waals surface area contributed by atoms with Crippen molar-refractivity contribution in [3.8, 4) is 12.3 Å². The second-order valence-corrected chi connectivity index (χ2v) is 5.02. The first-order valence-electron chi connectivity index (χ1n) is 4.20. The van der Waals surface area contributed by atoms with Gasteiger partial charge in [-0.3, -0.25) is 0 Å². The molecule has 0 aromatic rings. The average molecular weight is 202 g/mol. The van der Waals surface area contributed by atoms with Gasteiger partial charge in [0.25, 0.3) is 0 Å². The lowest BCUT2D eigenvalue weighted by Crippen LogP contribution is -2.45. The summed E-state index contributed by atoms with van der Waals surface area (Å²) >= 11 is 0. The molecule has 1 N–H and O–H groups in total. The van der Waals surface area contributed by atoms with Crippen LogP contribution in [0.5, 0.6) is 0 Å². The van der Waals surface area contributed by atoms with E-state index >= 15 is 0 Å². The van der Waals surface area contributed by atoms with E-state index in [0.717, 1.165) is 19.1 Å². The van der Waals surface area contributed by atoms with E-state index in [1.165, 1.54) is 0 Å². The SMILES string of the molecule is C#CC1CCN(NS(C)(=O)=O)CC1. The van der Waals surface area contributed by atoms with E-state index in [1.54, 1.807) is 5.01 Å². The number of hydrazine groups is 1. The fourth-order valence-electron chi connectivity index (χ4n) is 1.37. The predicted octanol–water partition coefficient (Wildman–Crippen LogP) is -0.204. The fraction of sp³-hybridized carbons (Fsp3) is 0.750. The van der Waals surface area contributed by atoms with Crippen molar-refractivity contribution in [1.82, 2.24) is 9.84 Å². The summed E-state index contributed by atoms with van der Waals surface area (Å²) in [7, 11) is -3.12. The molecule has 1 aliphatic rings. The van der Waals surface area contributed by atoms with Gasteiger partial charge in [0.05, 0.1) is 6.26 Å². The summed E-state index contributed by atoms with van der Waals surface area (Å²) in [5, 5.41) is 1.70. The van der Waals surface area contributed by atoms with E-state index in [0.29, 0.717) is 19.0 Å². The van der Waals surface area contributed by atoms with Crippen molar-refractivity contribution < 1.29 is 8.42 Å². The topological polar surface area (TPSA) is 49.4 Å². The number of piperidine rings is 1. The summed E-state index contributed by atoms with van der Waals surface area (Å²) in [5.41, 5.74) is 0. The van der Waals surface area contributed by atoms with E-state index in [1.807, 2.05) is 0 Å². The molecule has 0 aromatic carbocycles. The maximum Gasteiger partial charge on any atom is 0.221 e. The Morgan fingerprint density at radius 2 is 2.00 bits per heavy atom. The van der Waals surface area contributed by atoms with Crippen LogP contribution in [0, 0.1) is 18.3 Å². The molecule has 0 spiro atoms. The zero-order valence-electron chi connectivity index (χ0n) is 7.66. The number of nitrogens with zero attached hydrogens (tertiary/aromatic N) is 1. The molecule has 1 aliphatic heterocycles. The maximum absolute atomic E-state index is 10.9. The molecular weight excluding hydrogens is 188 g/mol. The summed E-state index contributed by atoms with van der Waals surface area (Å²) in [6, 6.07) is 0. The number of terminal acetylenes is 1. The summed E-state index contributed by atoms with van der Waals surface area (Å²) in [6.07, 6.45) is 8.14. The molecule has 0 saturated carbocycles. The minimum absolute atomic E-state index is 0.303. The zero-order valence-corrected chi connectivity index (χ0v) is 8.47. The van der Waals surface area contributed by atoms with E-state index in [4.69, 9.17) is 6.42 Å². The minimum atomic E-state index is -3.12. The highest BCUT2D eigenvalue weighted by molar-refractivity contribution is 7.88. The molecule has 1 saturated heterocycles. The van der Waals surface area contributed by atoms with Gasteiger partial charge in [-0.15, -0.1) is 17.2 Å². The Kier molecular flexibility index (Phi) is 3.31. The molecule has 0 unspecified atom stereocenters. The summed E-state index contributed by atoms with van der Waals surface area (Å²) < 4.78 is 21.7. The summed E-state index contributed by atoms with van der Waals surface area (Å²) in [5.74, 6) is 2.99. The lowest BCUT2D eigenvalue weighted by atomic mass is 9.99. The molecule has 1 fully saturated rings. The van der Waals surface area contributed by atoms with Crippen LogP contribution >= 0.6 is 0 Å². The van der Waals surface area contributed by atoms with Crippen molar-refractivity contribution in [2.24, 2.45) is 5.92 Å². The molecule has 1 rings (SSSR count). The van der Waals surface area contributed by atoms with Crippen molar-refractivity contribution >= 4 is 10.0 Å². The normalized spacial score (nSPS) is 21.2. The van der Waals surface area contributed by atoms with Crippen LogP contribution in [-0.4, -0.2) is 32.8 Å². The highest BCUT2D eigenvalue weighted by Gasteiger charge is 2.19.